The summed E-state index contributed by atoms with van der Waals surface area (Å²) in [6.45, 7) is 1.89. The van der Waals surface area contributed by atoms with E-state index >= 15 is 0 Å². The van der Waals surface area contributed by atoms with E-state index in [2.05, 4.69) is 0 Å². The molecule has 9 heteroatoms. The van der Waals surface area contributed by atoms with Crippen molar-refractivity contribution in [1.82, 2.24) is 0 Å². The zero-order chi connectivity index (χ0) is 23.1. The molecule has 32 heavy (non-hydrogen) atoms. The standard InChI is InChI=1S/C23H21ClN2O5S/c1-2-31-21(28)22(10-11-22)23(19-16(20(25)27)12-18(24)32-19)9-8-15(17(13-23)26(29)30)14-6-4-3-5-7-14/h3-9,12H,2,10-11,13H2,1H3,(H2,25,27). The lowest BCUT2D eigenvalue weighted by Crippen LogP contribution is -2.44. The SMILES string of the molecule is CCOC(=O)C1(C2(c3sc(Cl)cc3C(N)=O)C=CC(c3ccccc3)=C([N+](=O)[O-])C2)CC1. The molecule has 1 fully saturated rings. The highest BCUT2D eigenvalue weighted by Gasteiger charge is 2.67. The number of carbonyl (C=O) groups excluding carboxylic acids is 2. The number of rotatable bonds is 7. The minimum Gasteiger partial charge on any atom is -0.466 e. The second-order valence-corrected chi connectivity index (χ2v) is 9.61. The van der Waals surface area contributed by atoms with E-state index in [1.54, 1.807) is 43.3 Å². The van der Waals surface area contributed by atoms with Crippen LogP contribution in [0, 0.1) is 15.5 Å². The Labute approximate surface area is 193 Å². The van der Waals surface area contributed by atoms with Crippen LogP contribution in [-0.4, -0.2) is 23.4 Å². The molecule has 1 atom stereocenters. The number of allylic oxidation sites excluding steroid dienone is 4. The van der Waals surface area contributed by atoms with Crippen molar-refractivity contribution in [2.45, 2.75) is 31.6 Å². The number of carbonyl (C=O) groups is 2. The van der Waals surface area contributed by atoms with E-state index in [9.17, 15) is 19.7 Å². The summed E-state index contributed by atoms with van der Waals surface area (Å²) in [4.78, 5) is 37.6. The van der Waals surface area contributed by atoms with E-state index < -0.39 is 27.6 Å². The summed E-state index contributed by atoms with van der Waals surface area (Å²) < 4.78 is 5.70. The number of primary amides is 1. The summed E-state index contributed by atoms with van der Waals surface area (Å²) in [6.07, 6.45) is 4.36. The summed E-state index contributed by atoms with van der Waals surface area (Å²) in [7, 11) is 0. The molecule has 7 nitrogen and oxygen atoms in total. The fourth-order valence-corrected chi connectivity index (χ4v) is 6.09. The van der Waals surface area contributed by atoms with Crippen molar-refractivity contribution in [1.29, 1.82) is 0 Å². The van der Waals surface area contributed by atoms with Crippen LogP contribution in [0.25, 0.3) is 5.57 Å². The fourth-order valence-electron chi connectivity index (χ4n) is 4.59. The summed E-state index contributed by atoms with van der Waals surface area (Å²) in [5.74, 6) is -1.13. The average molecular weight is 473 g/mol. The maximum atomic E-state index is 13.1. The highest BCUT2D eigenvalue weighted by Crippen LogP contribution is 2.66. The molecule has 166 valence electrons. The topological polar surface area (TPSA) is 113 Å². The summed E-state index contributed by atoms with van der Waals surface area (Å²) in [5, 5.41) is 12.2. The van der Waals surface area contributed by atoms with E-state index in [1.165, 1.54) is 6.07 Å². The van der Waals surface area contributed by atoms with Gasteiger partial charge in [-0.3, -0.25) is 19.7 Å². The van der Waals surface area contributed by atoms with Gasteiger partial charge in [0.15, 0.2) is 0 Å². The monoisotopic (exact) mass is 472 g/mol. The van der Waals surface area contributed by atoms with Gasteiger partial charge in [-0.2, -0.15) is 0 Å². The first-order chi connectivity index (χ1) is 15.3. The summed E-state index contributed by atoms with van der Waals surface area (Å²) >= 11 is 7.37. The molecule has 1 heterocycles. The van der Waals surface area contributed by atoms with Gasteiger partial charge in [0.25, 0.3) is 5.70 Å². The average Bonchev–Trinajstić information content (AvgIpc) is 3.50. The number of hydrogen-bond acceptors (Lipinski definition) is 6. The van der Waals surface area contributed by atoms with Gasteiger partial charge in [0.05, 0.1) is 44.3 Å². The predicted molar refractivity (Wildman–Crippen MR) is 122 cm³/mol. The van der Waals surface area contributed by atoms with E-state index in [4.69, 9.17) is 22.1 Å². The van der Waals surface area contributed by atoms with Crippen LogP contribution in [0.3, 0.4) is 0 Å². The third-order valence-electron chi connectivity index (χ3n) is 6.24. The molecular formula is C23H21ClN2O5S. The molecule has 2 aliphatic carbocycles. The molecule has 0 radical (unpaired) electrons. The molecule has 0 bridgehead atoms. The van der Waals surface area contributed by atoms with Gasteiger partial charge in [-0.1, -0.05) is 54.1 Å². The maximum absolute atomic E-state index is 13.1. The van der Waals surface area contributed by atoms with Crippen molar-refractivity contribution in [3.63, 3.8) is 0 Å². The number of nitro groups is 1. The normalized spacial score (nSPS) is 21.3. The zero-order valence-corrected chi connectivity index (χ0v) is 18.9. The Morgan fingerprint density at radius 3 is 2.53 bits per heavy atom. The maximum Gasteiger partial charge on any atom is 0.313 e. The van der Waals surface area contributed by atoms with Gasteiger partial charge in [-0.15, -0.1) is 11.3 Å². The number of halogens is 1. The van der Waals surface area contributed by atoms with Crippen molar-refractivity contribution in [2.24, 2.45) is 11.1 Å². The molecule has 0 aliphatic heterocycles. The Balaban J connectivity index is 1.95. The number of ether oxygens (including phenoxy) is 1. The molecule has 1 unspecified atom stereocenters. The Kier molecular flexibility index (Phi) is 5.68. The molecule has 2 N–H and O–H groups in total. The highest BCUT2D eigenvalue weighted by atomic mass is 35.5. The molecule has 0 spiro atoms. The fraction of sp³-hybridized carbons (Fsp3) is 0.304. The molecule has 1 saturated carbocycles. The Bertz CT molecular complexity index is 1170. The number of esters is 1. The van der Waals surface area contributed by atoms with Crippen LogP contribution in [-0.2, 0) is 14.9 Å². The third kappa shape index (κ3) is 3.43. The highest BCUT2D eigenvalue weighted by molar-refractivity contribution is 7.16. The van der Waals surface area contributed by atoms with Crippen molar-refractivity contribution >= 4 is 40.4 Å². The molecule has 0 saturated heterocycles. The number of amides is 1. The quantitative estimate of drug-likeness (QED) is 0.355. The van der Waals surface area contributed by atoms with Crippen molar-refractivity contribution in [3.8, 4) is 0 Å². The Morgan fingerprint density at radius 2 is 1.97 bits per heavy atom. The van der Waals surface area contributed by atoms with Crippen molar-refractivity contribution in [3.05, 3.63) is 84.7 Å². The number of nitrogens with two attached hydrogens (primary N) is 1. The smallest absolute Gasteiger partial charge is 0.313 e. The van der Waals surface area contributed by atoms with E-state index in [0.717, 1.165) is 11.3 Å². The van der Waals surface area contributed by atoms with Crippen LogP contribution in [0.5, 0.6) is 0 Å². The third-order valence-corrected chi connectivity index (χ3v) is 7.68. The lowest BCUT2D eigenvalue weighted by molar-refractivity contribution is -0.428. The first-order valence-electron chi connectivity index (χ1n) is 10.1. The van der Waals surface area contributed by atoms with Crippen LogP contribution in [0.4, 0.5) is 0 Å². The number of benzene rings is 1. The van der Waals surface area contributed by atoms with Gasteiger partial charge >= 0.3 is 5.97 Å². The first-order valence-corrected chi connectivity index (χ1v) is 11.3. The second kappa shape index (κ2) is 8.18. The molecule has 1 amide bonds. The van der Waals surface area contributed by atoms with Crippen molar-refractivity contribution < 1.29 is 19.2 Å². The minimum atomic E-state index is -1.16. The minimum absolute atomic E-state index is 0.0331. The number of hydrogen-bond donors (Lipinski definition) is 1. The molecule has 1 aromatic carbocycles. The lowest BCUT2D eigenvalue weighted by atomic mass is 9.64. The molecule has 2 aliphatic rings. The predicted octanol–water partition coefficient (Wildman–Crippen LogP) is 4.73. The lowest BCUT2D eigenvalue weighted by Gasteiger charge is -2.38. The molecule has 1 aromatic heterocycles. The molecule has 4 rings (SSSR count). The van der Waals surface area contributed by atoms with Crippen LogP contribution in [0.2, 0.25) is 4.34 Å². The van der Waals surface area contributed by atoms with E-state index in [-0.39, 0.29) is 24.3 Å². The van der Waals surface area contributed by atoms with Gasteiger partial charge in [-0.05, 0) is 31.4 Å². The first kappa shape index (κ1) is 22.2. The van der Waals surface area contributed by atoms with Gasteiger partial charge < -0.3 is 10.5 Å². The van der Waals surface area contributed by atoms with Crippen molar-refractivity contribution in [2.75, 3.05) is 6.61 Å². The van der Waals surface area contributed by atoms with E-state index in [1.807, 2.05) is 6.07 Å². The van der Waals surface area contributed by atoms with Gasteiger partial charge in [-0.25, -0.2) is 0 Å². The van der Waals surface area contributed by atoms with E-state index in [0.29, 0.717) is 33.2 Å². The molecular weight excluding hydrogens is 452 g/mol. The second-order valence-electron chi connectivity index (χ2n) is 7.93. The van der Waals surface area contributed by atoms with Gasteiger partial charge in [0, 0.05) is 4.88 Å². The van der Waals surface area contributed by atoms with Crippen LogP contribution >= 0.6 is 22.9 Å². The Hall–Kier alpha value is -2.97. The summed E-state index contributed by atoms with van der Waals surface area (Å²) in [5.41, 5.74) is 4.74. The largest absolute Gasteiger partial charge is 0.466 e. The summed E-state index contributed by atoms with van der Waals surface area (Å²) in [6, 6.07) is 10.5. The van der Waals surface area contributed by atoms with Crippen LogP contribution < -0.4 is 5.73 Å². The molecule has 2 aromatic rings. The zero-order valence-electron chi connectivity index (χ0n) is 17.3. The van der Waals surface area contributed by atoms with Crippen LogP contribution in [0.1, 0.15) is 47.0 Å². The number of nitrogens with zero attached hydrogens (tertiary/aromatic N) is 1. The Morgan fingerprint density at radius 1 is 1.28 bits per heavy atom. The van der Waals surface area contributed by atoms with Crippen LogP contribution in [0.15, 0.2) is 54.2 Å². The number of thiophene rings is 1. The van der Waals surface area contributed by atoms with Gasteiger partial charge in [0.2, 0.25) is 5.91 Å². The van der Waals surface area contributed by atoms with Gasteiger partial charge in [0.1, 0.15) is 0 Å².